The zero-order chi connectivity index (χ0) is 13.1. The van der Waals surface area contributed by atoms with Gasteiger partial charge in [0.25, 0.3) is 0 Å². The van der Waals surface area contributed by atoms with Crippen LogP contribution in [0.5, 0.6) is 0 Å². The molecule has 0 spiro atoms. The van der Waals surface area contributed by atoms with Crippen molar-refractivity contribution in [2.75, 3.05) is 5.75 Å². The summed E-state index contributed by atoms with van der Waals surface area (Å²) in [5, 5.41) is -0.491. The Hall–Kier alpha value is -0.870. The summed E-state index contributed by atoms with van der Waals surface area (Å²) >= 11 is 0. The molecule has 0 saturated carbocycles. The fourth-order valence-electron chi connectivity index (χ4n) is 1.95. The average molecular weight is 255 g/mol. The number of nitrogens with two attached hydrogens (primary N) is 1. The van der Waals surface area contributed by atoms with E-state index in [-0.39, 0.29) is 5.75 Å². The molecule has 96 valence electrons. The van der Waals surface area contributed by atoms with E-state index in [1.807, 2.05) is 38.1 Å². The Morgan fingerprint density at radius 2 is 1.71 bits per heavy atom. The Morgan fingerprint density at radius 3 is 2.12 bits per heavy atom. The summed E-state index contributed by atoms with van der Waals surface area (Å²) in [5.41, 5.74) is 8.12. The first-order valence-electron chi connectivity index (χ1n) is 5.96. The minimum atomic E-state index is -3.09. The van der Waals surface area contributed by atoms with E-state index in [0.29, 0.717) is 6.42 Å². The van der Waals surface area contributed by atoms with Gasteiger partial charge >= 0.3 is 0 Å². The van der Waals surface area contributed by atoms with Gasteiger partial charge in [0.05, 0.1) is 5.25 Å². The molecule has 17 heavy (non-hydrogen) atoms. The lowest BCUT2D eigenvalue weighted by Crippen LogP contribution is -2.34. The van der Waals surface area contributed by atoms with Crippen LogP contribution in [0.3, 0.4) is 0 Å². The number of rotatable bonds is 5. The summed E-state index contributed by atoms with van der Waals surface area (Å²) in [6.45, 7) is 5.53. The van der Waals surface area contributed by atoms with Gasteiger partial charge in [-0.1, -0.05) is 43.7 Å². The Labute approximate surface area is 104 Å². The molecule has 3 nitrogen and oxygen atoms in total. The number of hydrogen-bond donors (Lipinski definition) is 1. The smallest absolute Gasteiger partial charge is 0.154 e. The van der Waals surface area contributed by atoms with Crippen molar-refractivity contribution in [1.29, 1.82) is 0 Å². The molecule has 0 bridgehead atoms. The Kier molecular flexibility index (Phi) is 4.71. The van der Waals surface area contributed by atoms with Crippen molar-refractivity contribution < 1.29 is 8.42 Å². The van der Waals surface area contributed by atoms with Crippen molar-refractivity contribution in [3.05, 3.63) is 35.4 Å². The van der Waals surface area contributed by atoms with E-state index < -0.39 is 21.1 Å². The van der Waals surface area contributed by atoms with Gasteiger partial charge in [0, 0.05) is 11.8 Å². The second kappa shape index (κ2) is 5.65. The van der Waals surface area contributed by atoms with Crippen LogP contribution in [-0.4, -0.2) is 19.4 Å². The predicted octanol–water partition coefficient (Wildman–Crippen LogP) is 2.21. The highest BCUT2D eigenvalue weighted by Gasteiger charge is 2.29. The molecule has 0 heterocycles. The van der Waals surface area contributed by atoms with E-state index in [9.17, 15) is 8.42 Å². The van der Waals surface area contributed by atoms with Crippen LogP contribution in [0.2, 0.25) is 0 Å². The highest BCUT2D eigenvalue weighted by atomic mass is 32.2. The van der Waals surface area contributed by atoms with Crippen LogP contribution in [0.25, 0.3) is 0 Å². The maximum atomic E-state index is 11.9. The van der Waals surface area contributed by atoms with Crippen molar-refractivity contribution in [3.63, 3.8) is 0 Å². The molecular weight excluding hydrogens is 234 g/mol. The quantitative estimate of drug-likeness (QED) is 0.877. The van der Waals surface area contributed by atoms with Crippen LogP contribution < -0.4 is 5.73 Å². The summed E-state index contributed by atoms with van der Waals surface area (Å²) in [6.07, 6.45) is 0.547. The van der Waals surface area contributed by atoms with Crippen LogP contribution >= 0.6 is 0 Å². The first kappa shape index (κ1) is 14.2. The maximum absolute atomic E-state index is 11.9. The monoisotopic (exact) mass is 255 g/mol. The number of aryl methyl sites for hydroxylation is 1. The van der Waals surface area contributed by atoms with Gasteiger partial charge in [-0.2, -0.15) is 0 Å². The molecule has 4 heteroatoms. The topological polar surface area (TPSA) is 60.2 Å². The molecule has 1 aromatic carbocycles. The van der Waals surface area contributed by atoms with Gasteiger partial charge in [0.15, 0.2) is 9.84 Å². The zero-order valence-electron chi connectivity index (χ0n) is 10.7. The van der Waals surface area contributed by atoms with Crippen LogP contribution in [0, 0.1) is 6.92 Å². The molecule has 0 aliphatic rings. The molecule has 0 amide bonds. The Balaban J connectivity index is 3.02. The van der Waals surface area contributed by atoms with Crippen LogP contribution in [0.15, 0.2) is 24.3 Å². The van der Waals surface area contributed by atoms with Crippen molar-refractivity contribution in [3.8, 4) is 0 Å². The van der Waals surface area contributed by atoms with E-state index >= 15 is 0 Å². The lowest BCUT2D eigenvalue weighted by atomic mass is 10.0. The first-order valence-corrected chi connectivity index (χ1v) is 7.67. The number of hydrogen-bond acceptors (Lipinski definition) is 3. The largest absolute Gasteiger partial charge is 0.323 e. The Morgan fingerprint density at radius 1 is 1.18 bits per heavy atom. The number of sulfone groups is 1. The van der Waals surface area contributed by atoms with Gasteiger partial charge in [-0.25, -0.2) is 8.42 Å². The lowest BCUT2D eigenvalue weighted by molar-refractivity contribution is 0.549. The third-order valence-electron chi connectivity index (χ3n) is 3.13. The highest BCUT2D eigenvalue weighted by Crippen LogP contribution is 2.23. The summed E-state index contributed by atoms with van der Waals surface area (Å²) in [7, 11) is -3.09. The van der Waals surface area contributed by atoms with Crippen molar-refractivity contribution in [1.82, 2.24) is 0 Å². The fraction of sp³-hybridized carbons (Fsp3) is 0.538. The normalized spacial score (nSPS) is 15.5. The molecule has 1 aromatic rings. The maximum Gasteiger partial charge on any atom is 0.154 e. The predicted molar refractivity (Wildman–Crippen MR) is 71.6 cm³/mol. The van der Waals surface area contributed by atoms with E-state index in [1.165, 1.54) is 0 Å². The van der Waals surface area contributed by atoms with Gasteiger partial charge in [0.2, 0.25) is 0 Å². The van der Waals surface area contributed by atoms with Crippen LogP contribution in [-0.2, 0) is 9.84 Å². The summed E-state index contributed by atoms with van der Waals surface area (Å²) in [5.74, 6) is 0.144. The molecule has 0 aliphatic carbocycles. The molecule has 0 aromatic heterocycles. The van der Waals surface area contributed by atoms with E-state index in [0.717, 1.165) is 11.1 Å². The molecule has 2 N–H and O–H groups in total. The fourth-order valence-corrected chi connectivity index (χ4v) is 3.49. The molecule has 1 rings (SSSR count). The van der Waals surface area contributed by atoms with Crippen molar-refractivity contribution >= 4 is 9.84 Å². The first-order chi connectivity index (χ1) is 7.92. The molecule has 0 saturated heterocycles. The molecule has 2 atom stereocenters. The average Bonchev–Trinajstić information content (AvgIpc) is 2.30. The zero-order valence-corrected chi connectivity index (χ0v) is 11.5. The Bertz CT molecular complexity index is 451. The molecule has 0 radical (unpaired) electrons. The molecular formula is C13H21NO2S. The minimum Gasteiger partial charge on any atom is -0.323 e. The minimum absolute atomic E-state index is 0.144. The standard InChI is InChI=1S/C13H21NO2S/c1-4-12(17(15,16)5-2)13(14)11-8-6-10(3)7-9-11/h6-9,12-13H,4-5,14H2,1-3H3/t12-,13-/m0/s1. The number of benzene rings is 1. The van der Waals surface area contributed by atoms with Crippen LogP contribution in [0.4, 0.5) is 0 Å². The van der Waals surface area contributed by atoms with Gasteiger partial charge in [0.1, 0.15) is 0 Å². The summed E-state index contributed by atoms with van der Waals surface area (Å²) in [6, 6.07) is 7.30. The molecule has 0 fully saturated rings. The third kappa shape index (κ3) is 3.30. The second-order valence-corrected chi connectivity index (χ2v) is 6.84. The van der Waals surface area contributed by atoms with E-state index in [1.54, 1.807) is 6.92 Å². The highest BCUT2D eigenvalue weighted by molar-refractivity contribution is 7.92. The summed E-state index contributed by atoms with van der Waals surface area (Å²) in [4.78, 5) is 0. The van der Waals surface area contributed by atoms with Gasteiger partial charge in [-0.15, -0.1) is 0 Å². The molecule has 0 aliphatic heterocycles. The second-order valence-electron chi connectivity index (χ2n) is 4.33. The van der Waals surface area contributed by atoms with Crippen LogP contribution in [0.1, 0.15) is 37.4 Å². The lowest BCUT2D eigenvalue weighted by Gasteiger charge is -2.22. The third-order valence-corrected chi connectivity index (χ3v) is 5.48. The van der Waals surface area contributed by atoms with E-state index in [2.05, 4.69) is 0 Å². The SMILES string of the molecule is CC[C@@H]([C@@H](N)c1ccc(C)cc1)S(=O)(=O)CC. The summed E-state index contributed by atoms with van der Waals surface area (Å²) < 4.78 is 23.9. The van der Waals surface area contributed by atoms with E-state index in [4.69, 9.17) is 5.73 Å². The van der Waals surface area contributed by atoms with Crippen molar-refractivity contribution in [2.24, 2.45) is 5.73 Å². The molecule has 0 unspecified atom stereocenters. The van der Waals surface area contributed by atoms with Crippen molar-refractivity contribution in [2.45, 2.75) is 38.5 Å². The van der Waals surface area contributed by atoms with Gasteiger partial charge < -0.3 is 5.73 Å². The van der Waals surface area contributed by atoms with Gasteiger partial charge in [-0.3, -0.25) is 0 Å². The van der Waals surface area contributed by atoms with Gasteiger partial charge in [-0.05, 0) is 18.9 Å².